The standard InChI is InChI=1S/C28H41IO4/c1-16(5-10-24(31)32)20-8-9-21-25-22(12-14-27(20,21)3)28(4)13-11-18(30)15-23(28)19(26(25)33)7-6-17(2)29/h7,16,18,20-23,25,30H,2,5-6,8-15H2,1,3-4H3,(H,31,32)/b19-7+/t16-,18-,20-,21+,22+,23+,25+,27-,28-/m1/s1. The summed E-state index contributed by atoms with van der Waals surface area (Å²) >= 11 is 2.25. The summed E-state index contributed by atoms with van der Waals surface area (Å²) in [6, 6.07) is 0. The Labute approximate surface area is 212 Å². The molecule has 4 aliphatic carbocycles. The number of hydrogen-bond acceptors (Lipinski definition) is 3. The van der Waals surface area contributed by atoms with Gasteiger partial charge < -0.3 is 10.2 Å². The average Bonchev–Trinajstić information content (AvgIpc) is 3.10. The number of carbonyl (C=O) groups excluding carboxylic acids is 1. The number of Topliss-reactive ketones (excluding diaryl/α,β-unsaturated/α-hetero) is 1. The molecule has 4 aliphatic rings. The summed E-state index contributed by atoms with van der Waals surface area (Å²) in [6.45, 7) is 11.1. The molecular weight excluding hydrogens is 527 g/mol. The van der Waals surface area contributed by atoms with Gasteiger partial charge in [0.1, 0.15) is 0 Å². The normalized spacial score (nSPS) is 44.6. The lowest BCUT2D eigenvalue weighted by molar-refractivity contribution is -0.150. The van der Waals surface area contributed by atoms with Gasteiger partial charge in [-0.2, -0.15) is 0 Å². The number of fused-ring (bicyclic) bond motifs is 5. The Morgan fingerprint density at radius 1 is 1.18 bits per heavy atom. The highest BCUT2D eigenvalue weighted by molar-refractivity contribution is 14.1. The molecule has 0 aliphatic heterocycles. The molecule has 0 spiro atoms. The first-order valence-corrected chi connectivity index (χ1v) is 14.0. The molecule has 0 aromatic carbocycles. The maximum atomic E-state index is 14.2. The number of aliphatic carboxylic acids is 1. The minimum Gasteiger partial charge on any atom is -0.481 e. The largest absolute Gasteiger partial charge is 0.481 e. The van der Waals surface area contributed by atoms with Gasteiger partial charge in [-0.1, -0.05) is 33.4 Å². The van der Waals surface area contributed by atoms with Crippen molar-refractivity contribution in [3.8, 4) is 0 Å². The first-order valence-electron chi connectivity index (χ1n) is 13.0. The average molecular weight is 569 g/mol. The van der Waals surface area contributed by atoms with Crippen LogP contribution in [-0.4, -0.2) is 28.1 Å². The van der Waals surface area contributed by atoms with Gasteiger partial charge in [-0.05, 0) is 130 Å². The molecule has 0 aromatic heterocycles. The molecule has 4 saturated carbocycles. The van der Waals surface area contributed by atoms with Gasteiger partial charge in [-0.3, -0.25) is 9.59 Å². The number of carboxylic acid groups (broad SMARTS) is 1. The lowest BCUT2D eigenvalue weighted by atomic mass is 9.43. The predicted molar refractivity (Wildman–Crippen MR) is 139 cm³/mol. The van der Waals surface area contributed by atoms with E-state index in [1.807, 2.05) is 0 Å². The van der Waals surface area contributed by atoms with E-state index in [0.29, 0.717) is 35.9 Å². The van der Waals surface area contributed by atoms with Crippen molar-refractivity contribution in [2.75, 3.05) is 0 Å². The van der Waals surface area contributed by atoms with Crippen molar-refractivity contribution in [2.24, 2.45) is 46.3 Å². The van der Waals surface area contributed by atoms with E-state index in [-0.39, 0.29) is 35.2 Å². The second-order valence-corrected chi connectivity index (χ2v) is 13.6. The Morgan fingerprint density at radius 3 is 2.52 bits per heavy atom. The third kappa shape index (κ3) is 4.39. The quantitative estimate of drug-likeness (QED) is 0.281. The predicted octanol–water partition coefficient (Wildman–Crippen LogP) is 6.56. The fourth-order valence-corrected chi connectivity index (χ4v) is 9.06. The number of carbonyl (C=O) groups is 2. The summed E-state index contributed by atoms with van der Waals surface area (Å²) in [5, 5.41) is 19.7. The molecular formula is C28H41IO4. The zero-order chi connectivity index (χ0) is 24.1. The van der Waals surface area contributed by atoms with Crippen molar-refractivity contribution in [3.05, 3.63) is 21.8 Å². The lowest BCUT2D eigenvalue weighted by Gasteiger charge is -2.61. The van der Waals surface area contributed by atoms with Gasteiger partial charge in [0.25, 0.3) is 0 Å². The number of rotatable bonds is 6. The van der Waals surface area contributed by atoms with Crippen molar-refractivity contribution in [3.63, 3.8) is 0 Å². The maximum absolute atomic E-state index is 14.2. The van der Waals surface area contributed by atoms with Crippen LogP contribution in [0.1, 0.15) is 85.0 Å². The Kier molecular flexibility index (Phi) is 7.24. The molecule has 33 heavy (non-hydrogen) atoms. The van der Waals surface area contributed by atoms with Crippen molar-refractivity contribution < 1.29 is 19.8 Å². The molecule has 4 nitrogen and oxygen atoms in total. The molecule has 5 heteroatoms. The topological polar surface area (TPSA) is 74.6 Å². The van der Waals surface area contributed by atoms with Crippen LogP contribution in [0.4, 0.5) is 0 Å². The highest BCUT2D eigenvalue weighted by atomic mass is 127. The molecule has 184 valence electrons. The molecule has 2 N–H and O–H groups in total. The summed E-state index contributed by atoms with van der Waals surface area (Å²) in [5.74, 6) is 1.52. The first kappa shape index (κ1) is 25.4. The van der Waals surface area contributed by atoms with Crippen LogP contribution in [0.25, 0.3) is 0 Å². The Balaban J connectivity index is 1.67. The van der Waals surface area contributed by atoms with Crippen molar-refractivity contribution in [2.45, 2.75) is 91.1 Å². The molecule has 9 atom stereocenters. The first-order chi connectivity index (χ1) is 15.5. The maximum Gasteiger partial charge on any atom is 0.303 e. The summed E-state index contributed by atoms with van der Waals surface area (Å²) in [4.78, 5) is 25.4. The summed E-state index contributed by atoms with van der Waals surface area (Å²) in [7, 11) is 0. The second-order valence-electron chi connectivity index (χ2n) is 12.1. The van der Waals surface area contributed by atoms with Gasteiger partial charge in [-0.25, -0.2) is 0 Å². The van der Waals surface area contributed by atoms with E-state index in [2.05, 4.69) is 56.0 Å². The van der Waals surface area contributed by atoms with Gasteiger partial charge in [0.15, 0.2) is 5.78 Å². The zero-order valence-electron chi connectivity index (χ0n) is 20.5. The number of carboxylic acids is 1. The summed E-state index contributed by atoms with van der Waals surface area (Å²) < 4.78 is 1.04. The molecule has 0 radical (unpaired) electrons. The number of halogens is 1. The molecule has 4 fully saturated rings. The zero-order valence-corrected chi connectivity index (χ0v) is 22.6. The molecule has 0 bridgehead atoms. The third-order valence-electron chi connectivity index (χ3n) is 10.5. The summed E-state index contributed by atoms with van der Waals surface area (Å²) in [5.41, 5.74) is 1.16. The Hall–Kier alpha value is -0.690. The van der Waals surface area contributed by atoms with Crippen molar-refractivity contribution in [1.82, 2.24) is 0 Å². The van der Waals surface area contributed by atoms with E-state index >= 15 is 0 Å². The molecule has 0 heterocycles. The monoisotopic (exact) mass is 568 g/mol. The SMILES string of the molecule is C=C(I)C/C=C1/C(=O)[C@@H]2[C@H](CC[C@]3(C)[C@@H]([C@H](C)CCC(=O)O)CC[C@@H]23)[C@@]2(C)CC[C@@H](O)C[C@@H]12. The minimum atomic E-state index is -0.710. The van der Waals surface area contributed by atoms with Crippen LogP contribution in [-0.2, 0) is 9.59 Å². The summed E-state index contributed by atoms with van der Waals surface area (Å²) in [6.07, 6.45) is 10.5. The fraction of sp³-hybridized carbons (Fsp3) is 0.786. The van der Waals surface area contributed by atoms with Crippen LogP contribution in [0.2, 0.25) is 0 Å². The van der Waals surface area contributed by atoms with E-state index in [1.54, 1.807) is 0 Å². The third-order valence-corrected chi connectivity index (χ3v) is 11.0. The highest BCUT2D eigenvalue weighted by Crippen LogP contribution is 2.68. The lowest BCUT2D eigenvalue weighted by Crippen LogP contribution is -2.58. The fourth-order valence-electron chi connectivity index (χ4n) is 8.84. The Morgan fingerprint density at radius 2 is 1.85 bits per heavy atom. The van der Waals surface area contributed by atoms with Crippen molar-refractivity contribution >= 4 is 34.3 Å². The van der Waals surface area contributed by atoms with Gasteiger partial charge in [0, 0.05) is 12.3 Å². The van der Waals surface area contributed by atoms with E-state index in [4.69, 9.17) is 0 Å². The molecule has 0 aromatic rings. The van der Waals surface area contributed by atoms with Gasteiger partial charge in [0.2, 0.25) is 0 Å². The number of hydrogen-bond donors (Lipinski definition) is 2. The minimum absolute atomic E-state index is 0.0740. The molecule has 0 amide bonds. The number of ketones is 1. The van der Waals surface area contributed by atoms with E-state index in [1.165, 1.54) is 0 Å². The molecule has 4 rings (SSSR count). The Bertz CT molecular complexity index is 849. The van der Waals surface area contributed by atoms with Crippen LogP contribution in [0.15, 0.2) is 21.8 Å². The van der Waals surface area contributed by atoms with Crippen LogP contribution >= 0.6 is 22.6 Å². The van der Waals surface area contributed by atoms with Crippen LogP contribution < -0.4 is 0 Å². The molecule has 0 unspecified atom stereocenters. The molecule has 0 saturated heterocycles. The second kappa shape index (κ2) is 9.40. The number of allylic oxidation sites excluding steroid dienone is 3. The van der Waals surface area contributed by atoms with Gasteiger partial charge in [-0.15, -0.1) is 0 Å². The van der Waals surface area contributed by atoms with Crippen LogP contribution in [0, 0.1) is 46.3 Å². The van der Waals surface area contributed by atoms with Gasteiger partial charge >= 0.3 is 5.97 Å². The number of aliphatic hydroxyl groups is 1. The van der Waals surface area contributed by atoms with Crippen LogP contribution in [0.5, 0.6) is 0 Å². The van der Waals surface area contributed by atoms with E-state index in [0.717, 1.165) is 60.5 Å². The van der Waals surface area contributed by atoms with Crippen molar-refractivity contribution in [1.29, 1.82) is 0 Å². The smallest absolute Gasteiger partial charge is 0.303 e. The van der Waals surface area contributed by atoms with Crippen LogP contribution in [0.3, 0.4) is 0 Å². The number of aliphatic hydroxyl groups excluding tert-OH is 1. The van der Waals surface area contributed by atoms with E-state index in [9.17, 15) is 19.8 Å². The highest BCUT2D eigenvalue weighted by Gasteiger charge is 2.64. The van der Waals surface area contributed by atoms with Gasteiger partial charge in [0.05, 0.1) is 6.10 Å². The van der Waals surface area contributed by atoms with E-state index < -0.39 is 5.97 Å².